The predicted octanol–water partition coefficient (Wildman–Crippen LogP) is 2.86. The number of ether oxygens (including phenoxy) is 1. The van der Waals surface area contributed by atoms with Crippen LogP contribution in [0.5, 0.6) is 11.6 Å². The number of nitro groups is 1. The average molecular weight is 273 g/mol. The van der Waals surface area contributed by atoms with Gasteiger partial charge in [0.2, 0.25) is 11.6 Å². The van der Waals surface area contributed by atoms with E-state index in [9.17, 15) is 10.1 Å². The lowest BCUT2D eigenvalue weighted by Gasteiger charge is -2.09. The highest BCUT2D eigenvalue weighted by Gasteiger charge is 2.17. The summed E-state index contributed by atoms with van der Waals surface area (Å²) in [5, 5.41) is 11.0. The van der Waals surface area contributed by atoms with E-state index < -0.39 is 4.92 Å². The fraction of sp³-hybridized carbons (Fsp3) is 0.214. The molecular formula is C14H15N3O3. The van der Waals surface area contributed by atoms with E-state index in [1.165, 1.54) is 6.07 Å². The number of pyridine rings is 1. The molecule has 0 aliphatic carbocycles. The van der Waals surface area contributed by atoms with Gasteiger partial charge in [-0.25, -0.2) is 4.98 Å². The second-order valence-electron chi connectivity index (χ2n) is 4.50. The van der Waals surface area contributed by atoms with Gasteiger partial charge in [-0.1, -0.05) is 6.07 Å². The van der Waals surface area contributed by atoms with Crippen molar-refractivity contribution in [2.45, 2.75) is 20.4 Å². The zero-order valence-electron chi connectivity index (χ0n) is 11.3. The van der Waals surface area contributed by atoms with Crippen LogP contribution < -0.4 is 10.5 Å². The number of nitrogens with two attached hydrogens (primary N) is 1. The first-order valence-corrected chi connectivity index (χ1v) is 6.09. The Kier molecular flexibility index (Phi) is 3.95. The van der Waals surface area contributed by atoms with Gasteiger partial charge in [0.1, 0.15) is 0 Å². The van der Waals surface area contributed by atoms with Crippen LogP contribution in [0.1, 0.15) is 16.7 Å². The predicted molar refractivity (Wildman–Crippen MR) is 74.8 cm³/mol. The molecule has 0 aliphatic rings. The normalized spacial score (nSPS) is 10.3. The first kappa shape index (κ1) is 14.0. The highest BCUT2D eigenvalue weighted by Crippen LogP contribution is 2.32. The largest absolute Gasteiger partial charge is 0.432 e. The molecule has 0 radical (unpaired) electrons. The van der Waals surface area contributed by atoms with Gasteiger partial charge in [-0.2, -0.15) is 0 Å². The Morgan fingerprint density at radius 3 is 2.70 bits per heavy atom. The Morgan fingerprint density at radius 1 is 1.35 bits per heavy atom. The number of nitrogens with zero attached hydrogens (tertiary/aromatic N) is 2. The SMILES string of the molecule is Cc1ccc([N+](=O)[O-])c(Oc2ncc(CN)cc2C)c1. The van der Waals surface area contributed by atoms with Gasteiger partial charge in [0.05, 0.1) is 4.92 Å². The third-order valence-corrected chi connectivity index (χ3v) is 2.84. The lowest BCUT2D eigenvalue weighted by Crippen LogP contribution is -2.00. The van der Waals surface area contributed by atoms with E-state index in [0.29, 0.717) is 12.4 Å². The maximum atomic E-state index is 11.0. The molecule has 2 N–H and O–H groups in total. The van der Waals surface area contributed by atoms with Gasteiger partial charge in [0, 0.05) is 24.4 Å². The summed E-state index contributed by atoms with van der Waals surface area (Å²) >= 11 is 0. The lowest BCUT2D eigenvalue weighted by molar-refractivity contribution is -0.385. The van der Waals surface area contributed by atoms with Crippen LogP contribution in [0, 0.1) is 24.0 Å². The third kappa shape index (κ3) is 2.92. The first-order chi connectivity index (χ1) is 9.51. The van der Waals surface area contributed by atoms with Crippen LogP contribution in [0.2, 0.25) is 0 Å². The van der Waals surface area contributed by atoms with Gasteiger partial charge >= 0.3 is 5.69 Å². The number of aryl methyl sites for hydroxylation is 2. The van der Waals surface area contributed by atoms with Crippen molar-refractivity contribution in [2.24, 2.45) is 5.73 Å². The van der Waals surface area contributed by atoms with Crippen molar-refractivity contribution >= 4 is 5.69 Å². The Morgan fingerprint density at radius 2 is 2.10 bits per heavy atom. The monoisotopic (exact) mass is 273 g/mol. The molecule has 1 aromatic carbocycles. The second kappa shape index (κ2) is 5.66. The molecule has 0 saturated heterocycles. The summed E-state index contributed by atoms with van der Waals surface area (Å²) in [4.78, 5) is 14.7. The van der Waals surface area contributed by atoms with Gasteiger partial charge in [-0.05, 0) is 37.1 Å². The minimum Gasteiger partial charge on any atom is -0.432 e. The van der Waals surface area contributed by atoms with Gasteiger partial charge in [0.15, 0.2) is 0 Å². The maximum absolute atomic E-state index is 11.0. The molecule has 0 fully saturated rings. The molecular weight excluding hydrogens is 258 g/mol. The van der Waals surface area contributed by atoms with Crippen molar-refractivity contribution in [3.05, 3.63) is 57.3 Å². The third-order valence-electron chi connectivity index (χ3n) is 2.84. The number of nitro benzene ring substituents is 1. The number of hydrogen-bond acceptors (Lipinski definition) is 5. The number of hydrogen-bond donors (Lipinski definition) is 1. The number of rotatable bonds is 4. The van der Waals surface area contributed by atoms with Crippen molar-refractivity contribution < 1.29 is 9.66 Å². The van der Waals surface area contributed by atoms with Crippen LogP contribution in [0.4, 0.5) is 5.69 Å². The Balaban J connectivity index is 2.39. The molecule has 1 aromatic heterocycles. The summed E-state index contributed by atoms with van der Waals surface area (Å²) in [7, 11) is 0. The number of benzene rings is 1. The van der Waals surface area contributed by atoms with E-state index in [-0.39, 0.29) is 11.4 Å². The van der Waals surface area contributed by atoms with Gasteiger partial charge in [-0.15, -0.1) is 0 Å². The Hall–Kier alpha value is -2.47. The zero-order chi connectivity index (χ0) is 14.7. The molecule has 6 nitrogen and oxygen atoms in total. The molecule has 20 heavy (non-hydrogen) atoms. The molecule has 104 valence electrons. The standard InChI is InChI=1S/C14H15N3O3/c1-9-3-4-12(17(18)19)13(5-9)20-14-10(2)6-11(7-15)8-16-14/h3-6,8H,7,15H2,1-2H3. The van der Waals surface area contributed by atoms with E-state index in [1.54, 1.807) is 18.3 Å². The molecule has 0 spiro atoms. The lowest BCUT2D eigenvalue weighted by atomic mass is 10.2. The molecule has 0 aliphatic heterocycles. The Bertz CT molecular complexity index is 656. The summed E-state index contributed by atoms with van der Waals surface area (Å²) < 4.78 is 5.59. The van der Waals surface area contributed by atoms with Crippen molar-refractivity contribution in [1.82, 2.24) is 4.98 Å². The smallest absolute Gasteiger partial charge is 0.311 e. The van der Waals surface area contributed by atoms with Crippen molar-refractivity contribution in [3.63, 3.8) is 0 Å². The highest BCUT2D eigenvalue weighted by molar-refractivity contribution is 5.50. The first-order valence-electron chi connectivity index (χ1n) is 6.09. The second-order valence-corrected chi connectivity index (χ2v) is 4.50. The summed E-state index contributed by atoms with van der Waals surface area (Å²) in [5.74, 6) is 0.530. The molecule has 0 unspecified atom stereocenters. The highest BCUT2D eigenvalue weighted by atomic mass is 16.6. The van der Waals surface area contributed by atoms with E-state index in [1.807, 2.05) is 19.9 Å². The zero-order valence-corrected chi connectivity index (χ0v) is 11.3. The van der Waals surface area contributed by atoms with E-state index in [0.717, 1.165) is 16.7 Å². The van der Waals surface area contributed by atoms with Crippen LogP contribution in [0.25, 0.3) is 0 Å². The molecule has 0 saturated carbocycles. The molecule has 2 rings (SSSR count). The van der Waals surface area contributed by atoms with E-state index >= 15 is 0 Å². The summed E-state index contributed by atoms with van der Waals surface area (Å²) in [5.41, 5.74) is 7.99. The average Bonchev–Trinajstić information content (AvgIpc) is 2.40. The summed E-state index contributed by atoms with van der Waals surface area (Å²) in [6.07, 6.45) is 1.60. The fourth-order valence-corrected chi connectivity index (χ4v) is 1.80. The van der Waals surface area contributed by atoms with Crippen LogP contribution in [-0.2, 0) is 6.54 Å². The molecule has 0 bridgehead atoms. The number of aromatic nitrogens is 1. The van der Waals surface area contributed by atoms with Crippen LogP contribution in [-0.4, -0.2) is 9.91 Å². The topological polar surface area (TPSA) is 91.3 Å². The Labute approximate surface area is 116 Å². The van der Waals surface area contributed by atoms with Crippen molar-refractivity contribution in [3.8, 4) is 11.6 Å². The molecule has 0 amide bonds. The van der Waals surface area contributed by atoms with E-state index in [2.05, 4.69) is 4.98 Å². The quantitative estimate of drug-likeness (QED) is 0.683. The summed E-state index contributed by atoms with van der Waals surface area (Å²) in [6.45, 7) is 4.05. The fourth-order valence-electron chi connectivity index (χ4n) is 1.80. The van der Waals surface area contributed by atoms with Crippen LogP contribution in [0.3, 0.4) is 0 Å². The van der Waals surface area contributed by atoms with Crippen molar-refractivity contribution in [2.75, 3.05) is 0 Å². The molecule has 0 atom stereocenters. The van der Waals surface area contributed by atoms with Crippen LogP contribution in [0.15, 0.2) is 30.5 Å². The van der Waals surface area contributed by atoms with Gasteiger partial charge in [-0.3, -0.25) is 10.1 Å². The minimum absolute atomic E-state index is 0.0836. The molecule has 2 aromatic rings. The maximum Gasteiger partial charge on any atom is 0.311 e. The van der Waals surface area contributed by atoms with Crippen molar-refractivity contribution in [1.29, 1.82) is 0 Å². The minimum atomic E-state index is -0.474. The molecule has 1 heterocycles. The van der Waals surface area contributed by atoms with Gasteiger partial charge in [0.25, 0.3) is 0 Å². The molecule has 6 heteroatoms. The summed E-state index contributed by atoms with van der Waals surface area (Å²) in [6, 6.07) is 6.57. The van der Waals surface area contributed by atoms with E-state index in [4.69, 9.17) is 10.5 Å². The van der Waals surface area contributed by atoms with Crippen LogP contribution >= 0.6 is 0 Å². The van der Waals surface area contributed by atoms with Gasteiger partial charge < -0.3 is 10.5 Å².